The molecule has 19 heavy (non-hydrogen) atoms. The van der Waals surface area contributed by atoms with Crippen molar-refractivity contribution < 1.29 is 13.2 Å². The predicted octanol–water partition coefficient (Wildman–Crippen LogP) is 1.45. The van der Waals surface area contributed by atoms with E-state index in [0.717, 1.165) is 17.5 Å². The molecular formula is C14H21NO3S. The number of benzene rings is 1. The Kier molecular flexibility index (Phi) is 4.28. The fourth-order valence-electron chi connectivity index (χ4n) is 2.63. The van der Waals surface area contributed by atoms with E-state index >= 15 is 0 Å². The van der Waals surface area contributed by atoms with Crippen LogP contribution < -0.4 is 5.32 Å². The smallest absolute Gasteiger partial charge is 0.185 e. The van der Waals surface area contributed by atoms with Crippen molar-refractivity contribution in [3.8, 4) is 0 Å². The Morgan fingerprint density at radius 1 is 1.32 bits per heavy atom. The molecule has 5 heteroatoms. The largest absolute Gasteiger partial charge is 0.380 e. The van der Waals surface area contributed by atoms with Gasteiger partial charge in [-0.05, 0) is 38.9 Å². The van der Waals surface area contributed by atoms with E-state index in [1.165, 1.54) is 0 Å². The van der Waals surface area contributed by atoms with Gasteiger partial charge in [0.25, 0.3) is 0 Å². The molecule has 0 saturated carbocycles. The first kappa shape index (κ1) is 14.5. The van der Waals surface area contributed by atoms with Crippen molar-refractivity contribution in [2.24, 2.45) is 0 Å². The van der Waals surface area contributed by atoms with Crippen LogP contribution in [0.5, 0.6) is 0 Å². The predicted molar refractivity (Wildman–Crippen MR) is 75.2 cm³/mol. The van der Waals surface area contributed by atoms with Crippen LogP contribution in [-0.2, 0) is 14.6 Å². The van der Waals surface area contributed by atoms with Crippen molar-refractivity contribution in [3.63, 3.8) is 0 Å². The Bertz CT molecular complexity index is 554. The van der Waals surface area contributed by atoms with E-state index in [1.54, 1.807) is 13.1 Å². The summed E-state index contributed by atoms with van der Waals surface area (Å²) < 4.78 is 30.9. The minimum atomic E-state index is -3.36. The van der Waals surface area contributed by atoms with Crippen LogP contribution >= 0.6 is 0 Å². The second kappa shape index (κ2) is 5.61. The Hall–Kier alpha value is -0.910. The molecule has 1 fully saturated rings. The molecule has 0 radical (unpaired) electrons. The Morgan fingerprint density at radius 3 is 2.68 bits per heavy atom. The van der Waals surface area contributed by atoms with Crippen molar-refractivity contribution in [1.82, 2.24) is 5.32 Å². The number of rotatable bonds is 3. The first-order chi connectivity index (χ1) is 8.96. The molecule has 0 aromatic heterocycles. The van der Waals surface area contributed by atoms with E-state index in [4.69, 9.17) is 4.74 Å². The lowest BCUT2D eigenvalue weighted by molar-refractivity contribution is 0.0825. The minimum absolute atomic E-state index is 0.0422. The average molecular weight is 283 g/mol. The summed E-state index contributed by atoms with van der Waals surface area (Å²) in [6.45, 7) is 4.69. The van der Waals surface area contributed by atoms with Gasteiger partial charge in [0.15, 0.2) is 9.84 Å². The van der Waals surface area contributed by atoms with Crippen molar-refractivity contribution in [3.05, 3.63) is 29.3 Å². The zero-order valence-corrected chi connectivity index (χ0v) is 12.5. The maximum atomic E-state index is 12.8. The summed E-state index contributed by atoms with van der Waals surface area (Å²) in [7, 11) is -1.55. The molecule has 1 saturated heterocycles. The monoisotopic (exact) mass is 283 g/mol. The molecule has 106 valence electrons. The highest BCUT2D eigenvalue weighted by molar-refractivity contribution is 7.92. The molecule has 4 nitrogen and oxygen atoms in total. The normalized spacial score (nSPS) is 24.4. The highest BCUT2D eigenvalue weighted by atomic mass is 32.2. The van der Waals surface area contributed by atoms with Gasteiger partial charge < -0.3 is 10.1 Å². The van der Waals surface area contributed by atoms with Crippen molar-refractivity contribution >= 4 is 9.84 Å². The molecule has 1 heterocycles. The topological polar surface area (TPSA) is 55.4 Å². The van der Waals surface area contributed by atoms with Gasteiger partial charge in [-0.25, -0.2) is 8.42 Å². The third-order valence-electron chi connectivity index (χ3n) is 3.71. The summed E-state index contributed by atoms with van der Waals surface area (Å²) in [5.41, 5.74) is 1.88. The van der Waals surface area contributed by atoms with Gasteiger partial charge in [-0.2, -0.15) is 0 Å². The van der Waals surface area contributed by atoms with Crippen LogP contribution in [0.1, 0.15) is 17.5 Å². The second-order valence-corrected chi connectivity index (χ2v) is 7.25. The van der Waals surface area contributed by atoms with Gasteiger partial charge in [0, 0.05) is 12.6 Å². The molecule has 1 aromatic carbocycles. The quantitative estimate of drug-likeness (QED) is 0.912. The van der Waals surface area contributed by atoms with Crippen LogP contribution in [0.15, 0.2) is 23.1 Å². The fraction of sp³-hybridized carbons (Fsp3) is 0.571. The molecule has 1 N–H and O–H groups in total. The first-order valence-electron chi connectivity index (χ1n) is 6.53. The third kappa shape index (κ3) is 2.83. The van der Waals surface area contributed by atoms with Gasteiger partial charge in [-0.1, -0.05) is 17.7 Å². The highest BCUT2D eigenvalue weighted by Gasteiger charge is 2.37. The van der Waals surface area contributed by atoms with E-state index in [1.807, 2.05) is 26.0 Å². The first-order valence-corrected chi connectivity index (χ1v) is 8.07. The van der Waals surface area contributed by atoms with Gasteiger partial charge in [-0.3, -0.25) is 0 Å². The van der Waals surface area contributed by atoms with Crippen LogP contribution in [0, 0.1) is 13.8 Å². The molecule has 2 rings (SSSR count). The molecule has 0 bridgehead atoms. The summed E-state index contributed by atoms with van der Waals surface area (Å²) in [5, 5.41) is 2.59. The van der Waals surface area contributed by atoms with Gasteiger partial charge >= 0.3 is 0 Å². The van der Waals surface area contributed by atoms with E-state index in [0.29, 0.717) is 11.5 Å². The minimum Gasteiger partial charge on any atom is -0.380 e. The third-order valence-corrected chi connectivity index (χ3v) is 6.04. The van der Waals surface area contributed by atoms with Gasteiger partial charge in [-0.15, -0.1) is 0 Å². The lowest BCUT2D eigenvalue weighted by Gasteiger charge is -2.31. The van der Waals surface area contributed by atoms with Crippen LogP contribution in [0.2, 0.25) is 0 Å². The average Bonchev–Trinajstić information content (AvgIpc) is 2.38. The Balaban J connectivity index is 2.40. The van der Waals surface area contributed by atoms with Crippen molar-refractivity contribution in [2.45, 2.75) is 36.5 Å². The summed E-state index contributed by atoms with van der Waals surface area (Å²) in [6, 6.07) is 5.42. The maximum absolute atomic E-state index is 12.8. The molecule has 1 aliphatic heterocycles. The zero-order chi connectivity index (χ0) is 14.0. The van der Waals surface area contributed by atoms with Crippen LogP contribution in [0.4, 0.5) is 0 Å². The van der Waals surface area contributed by atoms with Gasteiger partial charge in [0.2, 0.25) is 0 Å². The lowest BCUT2D eigenvalue weighted by Crippen LogP contribution is -2.49. The molecule has 1 aromatic rings. The molecule has 2 atom stereocenters. The van der Waals surface area contributed by atoms with Crippen LogP contribution in [-0.4, -0.2) is 40.0 Å². The second-order valence-electron chi connectivity index (χ2n) is 5.11. The molecular weight excluding hydrogens is 262 g/mol. The molecule has 1 aliphatic rings. The SMILES string of the molecule is CNC1CCOCC1S(=O)(=O)c1ccc(C)cc1C. The summed E-state index contributed by atoms with van der Waals surface area (Å²) in [5.74, 6) is 0. The number of nitrogens with one attached hydrogen (secondary N) is 1. The highest BCUT2D eigenvalue weighted by Crippen LogP contribution is 2.26. The number of ether oxygens (including phenoxy) is 1. The summed E-state index contributed by atoms with van der Waals surface area (Å²) >= 11 is 0. The lowest BCUT2D eigenvalue weighted by atomic mass is 10.1. The maximum Gasteiger partial charge on any atom is 0.185 e. The van der Waals surface area contributed by atoms with Crippen molar-refractivity contribution in [1.29, 1.82) is 0 Å². The molecule has 0 spiro atoms. The number of hydrogen-bond donors (Lipinski definition) is 1. The Labute approximate surface area is 115 Å². The standard InChI is InChI=1S/C14H21NO3S/c1-10-4-5-13(11(2)8-10)19(16,17)14-9-18-7-6-12(14)15-3/h4-5,8,12,14-15H,6-7,9H2,1-3H3. The summed E-state index contributed by atoms with van der Waals surface area (Å²) in [4.78, 5) is 0.425. The van der Waals surface area contributed by atoms with E-state index in [9.17, 15) is 8.42 Å². The zero-order valence-electron chi connectivity index (χ0n) is 11.6. The molecule has 0 aliphatic carbocycles. The van der Waals surface area contributed by atoms with E-state index < -0.39 is 15.1 Å². The van der Waals surface area contributed by atoms with Gasteiger partial charge in [0.1, 0.15) is 5.25 Å². The van der Waals surface area contributed by atoms with E-state index in [-0.39, 0.29) is 12.6 Å². The number of aryl methyl sites for hydroxylation is 2. The number of sulfone groups is 1. The van der Waals surface area contributed by atoms with Crippen LogP contribution in [0.3, 0.4) is 0 Å². The fourth-order valence-corrected chi connectivity index (χ4v) is 4.70. The van der Waals surface area contributed by atoms with Gasteiger partial charge in [0.05, 0.1) is 11.5 Å². The number of hydrogen-bond acceptors (Lipinski definition) is 4. The van der Waals surface area contributed by atoms with E-state index in [2.05, 4.69) is 5.32 Å². The molecule has 2 unspecified atom stereocenters. The van der Waals surface area contributed by atoms with Crippen LogP contribution in [0.25, 0.3) is 0 Å². The summed E-state index contributed by atoms with van der Waals surface area (Å²) in [6.07, 6.45) is 0.727. The van der Waals surface area contributed by atoms with Crippen molar-refractivity contribution in [2.75, 3.05) is 20.3 Å². The Morgan fingerprint density at radius 2 is 2.05 bits per heavy atom. The molecule has 0 amide bonds.